The monoisotopic (exact) mass is 326 g/mol. The van der Waals surface area contributed by atoms with Crippen LogP contribution >= 0.6 is 11.8 Å². The second-order valence-electron chi connectivity index (χ2n) is 5.37. The standard InChI is InChI=1S/C14H18N2O3S2/c1-16-13-9-21(17,18)8-12(13)15-14(16)20-7-10-3-5-11(19-2)6-4-10/h3-6,12-13H,7-9H2,1-2H3/t12-,13-/m1/s1. The quantitative estimate of drug-likeness (QED) is 0.840. The molecule has 0 aromatic heterocycles. The summed E-state index contributed by atoms with van der Waals surface area (Å²) in [5.41, 5.74) is 1.20. The summed E-state index contributed by atoms with van der Waals surface area (Å²) in [5.74, 6) is 2.08. The molecule has 2 aliphatic rings. The average molecular weight is 326 g/mol. The van der Waals surface area contributed by atoms with Crippen LogP contribution in [-0.4, -0.2) is 56.2 Å². The van der Waals surface area contributed by atoms with E-state index in [4.69, 9.17) is 4.74 Å². The van der Waals surface area contributed by atoms with E-state index in [1.807, 2.05) is 36.2 Å². The Morgan fingerprint density at radius 3 is 2.67 bits per heavy atom. The predicted octanol–water partition coefficient (Wildman–Crippen LogP) is 1.40. The summed E-state index contributed by atoms with van der Waals surface area (Å²) in [6.07, 6.45) is 0. The topological polar surface area (TPSA) is 59.0 Å². The van der Waals surface area contributed by atoms with Gasteiger partial charge in [0, 0.05) is 12.8 Å². The first-order valence-corrected chi connectivity index (χ1v) is 9.56. The molecule has 0 aliphatic carbocycles. The Kier molecular flexibility index (Phi) is 3.88. The summed E-state index contributed by atoms with van der Waals surface area (Å²) < 4.78 is 28.4. The molecule has 0 unspecified atom stereocenters. The van der Waals surface area contributed by atoms with Crippen molar-refractivity contribution in [1.82, 2.24) is 4.90 Å². The van der Waals surface area contributed by atoms with Crippen molar-refractivity contribution in [1.29, 1.82) is 0 Å². The fourth-order valence-electron chi connectivity index (χ4n) is 2.69. The summed E-state index contributed by atoms with van der Waals surface area (Å²) in [4.78, 5) is 6.59. The van der Waals surface area contributed by atoms with Crippen molar-refractivity contribution in [2.45, 2.75) is 17.8 Å². The third kappa shape index (κ3) is 3.03. The zero-order chi connectivity index (χ0) is 15.0. The van der Waals surface area contributed by atoms with Crippen LogP contribution < -0.4 is 4.74 Å². The minimum absolute atomic E-state index is 0.0216. The van der Waals surface area contributed by atoms with Crippen molar-refractivity contribution >= 4 is 26.8 Å². The summed E-state index contributed by atoms with van der Waals surface area (Å²) in [5, 5.41) is 0.940. The van der Waals surface area contributed by atoms with Gasteiger partial charge in [0.05, 0.1) is 30.7 Å². The molecule has 0 radical (unpaired) electrons. The van der Waals surface area contributed by atoms with Gasteiger partial charge in [-0.25, -0.2) is 8.42 Å². The molecule has 1 aromatic rings. The number of hydrogen-bond acceptors (Lipinski definition) is 6. The molecule has 7 heteroatoms. The van der Waals surface area contributed by atoms with E-state index in [9.17, 15) is 8.42 Å². The van der Waals surface area contributed by atoms with Crippen molar-refractivity contribution in [2.24, 2.45) is 4.99 Å². The van der Waals surface area contributed by atoms with Crippen LogP contribution in [0.2, 0.25) is 0 Å². The van der Waals surface area contributed by atoms with Gasteiger partial charge in [0.1, 0.15) is 5.75 Å². The number of ether oxygens (including phenoxy) is 1. The number of fused-ring (bicyclic) bond motifs is 1. The Morgan fingerprint density at radius 1 is 1.33 bits per heavy atom. The number of sulfone groups is 1. The van der Waals surface area contributed by atoms with Gasteiger partial charge in [-0.05, 0) is 17.7 Å². The van der Waals surface area contributed by atoms with Crippen molar-refractivity contribution in [3.05, 3.63) is 29.8 Å². The molecule has 114 valence electrons. The highest BCUT2D eigenvalue weighted by Gasteiger charge is 2.44. The van der Waals surface area contributed by atoms with E-state index in [0.717, 1.165) is 16.7 Å². The molecule has 21 heavy (non-hydrogen) atoms. The lowest BCUT2D eigenvalue weighted by molar-refractivity contribution is 0.410. The zero-order valence-electron chi connectivity index (χ0n) is 12.0. The van der Waals surface area contributed by atoms with Gasteiger partial charge in [-0.15, -0.1) is 0 Å². The highest BCUT2D eigenvalue weighted by atomic mass is 32.2. The lowest BCUT2D eigenvalue weighted by Crippen LogP contribution is -2.35. The molecule has 0 saturated carbocycles. The van der Waals surface area contributed by atoms with E-state index in [-0.39, 0.29) is 23.6 Å². The number of likely N-dealkylation sites (N-methyl/N-ethyl adjacent to an activating group) is 1. The number of nitrogens with zero attached hydrogens (tertiary/aromatic N) is 2. The second kappa shape index (κ2) is 5.53. The van der Waals surface area contributed by atoms with E-state index in [1.165, 1.54) is 5.56 Å². The average Bonchev–Trinajstić information content (AvgIpc) is 2.91. The zero-order valence-corrected chi connectivity index (χ0v) is 13.7. The van der Waals surface area contributed by atoms with Crippen LogP contribution in [0, 0.1) is 0 Å². The predicted molar refractivity (Wildman–Crippen MR) is 85.7 cm³/mol. The molecule has 3 rings (SSSR count). The third-order valence-corrected chi connectivity index (χ3v) is 6.72. The maximum absolute atomic E-state index is 11.6. The number of methoxy groups -OCH3 is 1. The fraction of sp³-hybridized carbons (Fsp3) is 0.500. The Balaban J connectivity index is 1.63. The fourth-order valence-corrected chi connectivity index (χ4v) is 5.64. The first-order chi connectivity index (χ1) is 9.98. The molecule has 2 heterocycles. The highest BCUT2D eigenvalue weighted by Crippen LogP contribution is 2.31. The van der Waals surface area contributed by atoms with Crippen LogP contribution in [-0.2, 0) is 15.6 Å². The van der Waals surface area contributed by atoms with E-state index in [1.54, 1.807) is 18.9 Å². The maximum atomic E-state index is 11.6. The molecule has 1 saturated heterocycles. The van der Waals surface area contributed by atoms with Crippen LogP contribution in [0.4, 0.5) is 0 Å². The van der Waals surface area contributed by atoms with Gasteiger partial charge in [-0.1, -0.05) is 23.9 Å². The van der Waals surface area contributed by atoms with Crippen molar-refractivity contribution in [3.63, 3.8) is 0 Å². The minimum atomic E-state index is -2.91. The van der Waals surface area contributed by atoms with Crippen molar-refractivity contribution < 1.29 is 13.2 Å². The normalized spacial score (nSPS) is 26.6. The van der Waals surface area contributed by atoms with Crippen LogP contribution in [0.25, 0.3) is 0 Å². The van der Waals surface area contributed by atoms with Gasteiger partial charge in [-0.2, -0.15) is 0 Å². The number of rotatable bonds is 3. The van der Waals surface area contributed by atoms with Gasteiger partial charge in [0.25, 0.3) is 0 Å². The number of aliphatic imine (C=N–C) groups is 1. The molecule has 5 nitrogen and oxygen atoms in total. The van der Waals surface area contributed by atoms with Crippen molar-refractivity contribution in [2.75, 3.05) is 25.7 Å². The van der Waals surface area contributed by atoms with E-state index >= 15 is 0 Å². The first kappa shape index (κ1) is 14.7. The largest absolute Gasteiger partial charge is 0.497 e. The molecule has 0 N–H and O–H groups in total. The summed E-state index contributed by atoms with van der Waals surface area (Å²) in [6, 6.07) is 7.89. The van der Waals surface area contributed by atoms with Crippen LogP contribution in [0.1, 0.15) is 5.56 Å². The number of thioether (sulfide) groups is 1. The molecule has 2 aliphatic heterocycles. The second-order valence-corrected chi connectivity index (χ2v) is 8.47. The Labute approximate surface area is 129 Å². The molecule has 0 bridgehead atoms. The number of amidine groups is 1. The van der Waals surface area contributed by atoms with E-state index in [2.05, 4.69) is 4.99 Å². The minimum Gasteiger partial charge on any atom is -0.497 e. The number of benzene rings is 1. The van der Waals surface area contributed by atoms with E-state index < -0.39 is 9.84 Å². The Morgan fingerprint density at radius 2 is 2.05 bits per heavy atom. The molecular weight excluding hydrogens is 308 g/mol. The summed E-state index contributed by atoms with van der Waals surface area (Å²) in [6.45, 7) is 0. The molecule has 0 amide bonds. The SMILES string of the molecule is COc1ccc(CSC2=N[C@@H]3CS(=O)(=O)C[C@H]3N2C)cc1. The van der Waals surface area contributed by atoms with Crippen LogP contribution in [0.3, 0.4) is 0 Å². The Hall–Kier alpha value is -1.21. The van der Waals surface area contributed by atoms with E-state index in [0.29, 0.717) is 0 Å². The third-order valence-electron chi connectivity index (χ3n) is 3.90. The van der Waals surface area contributed by atoms with Gasteiger partial charge in [-0.3, -0.25) is 4.99 Å². The van der Waals surface area contributed by atoms with Gasteiger partial charge in [0.2, 0.25) is 0 Å². The molecule has 2 atom stereocenters. The van der Waals surface area contributed by atoms with Gasteiger partial charge < -0.3 is 9.64 Å². The highest BCUT2D eigenvalue weighted by molar-refractivity contribution is 8.13. The Bertz CT molecular complexity index is 655. The smallest absolute Gasteiger partial charge is 0.159 e. The lowest BCUT2D eigenvalue weighted by atomic mass is 10.2. The van der Waals surface area contributed by atoms with Crippen LogP contribution in [0.5, 0.6) is 5.75 Å². The van der Waals surface area contributed by atoms with Gasteiger partial charge in [0.15, 0.2) is 15.0 Å². The molecular formula is C14H18N2O3S2. The first-order valence-electron chi connectivity index (χ1n) is 6.75. The maximum Gasteiger partial charge on any atom is 0.159 e. The summed E-state index contributed by atoms with van der Waals surface area (Å²) in [7, 11) is 0.679. The van der Waals surface area contributed by atoms with Crippen molar-refractivity contribution in [3.8, 4) is 5.75 Å². The molecule has 0 spiro atoms. The lowest BCUT2D eigenvalue weighted by Gasteiger charge is -2.20. The number of hydrogen-bond donors (Lipinski definition) is 0. The molecule has 1 fully saturated rings. The molecule has 1 aromatic carbocycles. The summed E-state index contributed by atoms with van der Waals surface area (Å²) >= 11 is 1.66. The van der Waals surface area contributed by atoms with Crippen LogP contribution in [0.15, 0.2) is 29.3 Å². The van der Waals surface area contributed by atoms with Gasteiger partial charge >= 0.3 is 0 Å².